The number of fused-ring (bicyclic) bond motifs is 1. The minimum absolute atomic E-state index is 0.0393. The van der Waals surface area contributed by atoms with Gasteiger partial charge in [0.2, 0.25) is 0 Å². The van der Waals surface area contributed by atoms with Crippen LogP contribution in [0.15, 0.2) is 79.1 Å². The summed E-state index contributed by atoms with van der Waals surface area (Å²) in [7, 11) is 1.94. The summed E-state index contributed by atoms with van der Waals surface area (Å²) >= 11 is 0. The average Bonchev–Trinajstić information content (AvgIpc) is 3.16. The van der Waals surface area contributed by atoms with Gasteiger partial charge in [0.1, 0.15) is 17.1 Å². The Morgan fingerprint density at radius 2 is 1.61 bits per heavy atom. The van der Waals surface area contributed by atoms with E-state index < -0.39 is 0 Å². The summed E-state index contributed by atoms with van der Waals surface area (Å²) in [4.78, 5) is 14.1. The van der Waals surface area contributed by atoms with Crippen molar-refractivity contribution < 1.29 is 5.11 Å². The lowest BCUT2D eigenvalue weighted by molar-refractivity contribution is 0.475. The Morgan fingerprint density at radius 3 is 2.36 bits per heavy atom. The van der Waals surface area contributed by atoms with Crippen molar-refractivity contribution in [3.05, 3.63) is 84.7 Å². The molecule has 0 saturated heterocycles. The van der Waals surface area contributed by atoms with Gasteiger partial charge in [0, 0.05) is 30.6 Å². The molecule has 164 valence electrons. The molecule has 33 heavy (non-hydrogen) atoms. The highest BCUT2D eigenvalue weighted by Gasteiger charge is 2.21. The van der Waals surface area contributed by atoms with Gasteiger partial charge in [-0.3, -0.25) is 4.98 Å². The maximum atomic E-state index is 10.7. The number of rotatable bonds is 3. The zero-order valence-corrected chi connectivity index (χ0v) is 19.2. The van der Waals surface area contributed by atoms with Crippen molar-refractivity contribution in [2.45, 2.75) is 26.2 Å². The maximum Gasteiger partial charge on any atom is 0.160 e. The predicted molar refractivity (Wildman–Crippen MR) is 133 cm³/mol. The number of aromatic nitrogens is 4. The number of imidazole rings is 1. The molecule has 0 aliphatic rings. The van der Waals surface area contributed by atoms with Crippen LogP contribution in [0, 0.1) is 0 Å². The van der Waals surface area contributed by atoms with E-state index in [1.807, 2.05) is 60.3 Å². The van der Waals surface area contributed by atoms with Crippen LogP contribution in [0.1, 0.15) is 26.3 Å². The van der Waals surface area contributed by atoms with Gasteiger partial charge in [-0.05, 0) is 52.9 Å². The van der Waals surface area contributed by atoms with E-state index in [1.165, 1.54) is 0 Å². The predicted octanol–water partition coefficient (Wildman–Crippen LogP) is 6.37. The van der Waals surface area contributed by atoms with Crippen molar-refractivity contribution in [1.29, 1.82) is 0 Å². The van der Waals surface area contributed by atoms with Crippen molar-refractivity contribution in [3.8, 4) is 39.5 Å². The molecule has 5 nitrogen and oxygen atoms in total. The van der Waals surface area contributed by atoms with Crippen LogP contribution < -0.4 is 0 Å². The minimum Gasteiger partial charge on any atom is -0.507 e. The number of pyridine rings is 2. The summed E-state index contributed by atoms with van der Waals surface area (Å²) in [5.41, 5.74) is 7.38. The van der Waals surface area contributed by atoms with Gasteiger partial charge in [-0.25, -0.2) is 9.97 Å². The van der Waals surface area contributed by atoms with Gasteiger partial charge in [0.25, 0.3) is 0 Å². The van der Waals surface area contributed by atoms with E-state index in [0.29, 0.717) is 11.4 Å². The fourth-order valence-corrected chi connectivity index (χ4v) is 4.11. The van der Waals surface area contributed by atoms with Crippen LogP contribution >= 0.6 is 0 Å². The first kappa shape index (κ1) is 20.9. The van der Waals surface area contributed by atoms with Gasteiger partial charge >= 0.3 is 0 Å². The Labute approximate surface area is 193 Å². The van der Waals surface area contributed by atoms with Crippen LogP contribution in [-0.2, 0) is 12.5 Å². The fraction of sp³-hybridized carbons (Fsp3) is 0.179. The quantitative estimate of drug-likeness (QED) is 0.358. The molecule has 0 spiro atoms. The van der Waals surface area contributed by atoms with E-state index in [4.69, 9.17) is 4.98 Å². The standard InChI is InChI=1S/C28H26N4O/c1-28(2,3)20-11-12-24(33)22(17-20)26-31-25-21(13-15-30-27(25)32(26)4)18-8-7-9-19(16-18)23-10-5-6-14-29-23/h5-17,33H,1-4H3. The maximum absolute atomic E-state index is 10.7. The Hall–Kier alpha value is -3.99. The van der Waals surface area contributed by atoms with Crippen LogP contribution in [0.2, 0.25) is 0 Å². The van der Waals surface area contributed by atoms with Crippen molar-refractivity contribution in [3.63, 3.8) is 0 Å². The Bertz CT molecular complexity index is 1460. The molecule has 0 fully saturated rings. The second-order valence-electron chi connectivity index (χ2n) is 9.30. The molecule has 5 rings (SSSR count). The van der Waals surface area contributed by atoms with Crippen molar-refractivity contribution in [1.82, 2.24) is 19.5 Å². The summed E-state index contributed by atoms with van der Waals surface area (Å²) in [5, 5.41) is 10.7. The molecule has 0 atom stereocenters. The Morgan fingerprint density at radius 1 is 0.788 bits per heavy atom. The van der Waals surface area contributed by atoms with E-state index in [-0.39, 0.29) is 11.2 Å². The number of benzene rings is 2. The highest BCUT2D eigenvalue weighted by Crippen LogP contribution is 2.37. The molecule has 0 bridgehead atoms. The Kier molecular flexibility index (Phi) is 4.97. The average molecular weight is 435 g/mol. The third-order valence-corrected chi connectivity index (χ3v) is 6.00. The number of aryl methyl sites for hydroxylation is 1. The van der Waals surface area contributed by atoms with E-state index in [2.05, 4.69) is 48.9 Å². The lowest BCUT2D eigenvalue weighted by Crippen LogP contribution is -2.11. The minimum atomic E-state index is -0.0393. The van der Waals surface area contributed by atoms with Gasteiger partial charge in [-0.1, -0.05) is 51.1 Å². The highest BCUT2D eigenvalue weighted by atomic mass is 16.3. The smallest absolute Gasteiger partial charge is 0.160 e. The molecule has 5 heteroatoms. The summed E-state index contributed by atoms with van der Waals surface area (Å²) in [6, 6.07) is 21.9. The van der Waals surface area contributed by atoms with Crippen LogP contribution in [0.3, 0.4) is 0 Å². The second kappa shape index (κ2) is 7.85. The number of hydrogen-bond acceptors (Lipinski definition) is 4. The Balaban J connectivity index is 1.68. The number of hydrogen-bond donors (Lipinski definition) is 1. The lowest BCUT2D eigenvalue weighted by atomic mass is 9.86. The van der Waals surface area contributed by atoms with E-state index >= 15 is 0 Å². The molecule has 0 aliphatic heterocycles. The van der Waals surface area contributed by atoms with E-state index in [0.717, 1.165) is 39.1 Å². The molecular formula is C28H26N4O. The van der Waals surface area contributed by atoms with Gasteiger partial charge in [0.15, 0.2) is 5.65 Å². The molecule has 0 amide bonds. The molecule has 2 aromatic carbocycles. The summed E-state index contributed by atoms with van der Waals surface area (Å²) in [5.74, 6) is 0.898. The molecule has 3 aromatic heterocycles. The number of nitrogens with zero attached hydrogens (tertiary/aromatic N) is 4. The normalized spacial score (nSPS) is 11.8. The lowest BCUT2D eigenvalue weighted by Gasteiger charge is -2.20. The molecule has 0 unspecified atom stereocenters. The third kappa shape index (κ3) is 3.76. The monoisotopic (exact) mass is 434 g/mol. The summed E-state index contributed by atoms with van der Waals surface area (Å²) in [6.45, 7) is 6.48. The molecule has 1 N–H and O–H groups in total. The first-order valence-electron chi connectivity index (χ1n) is 11.0. The van der Waals surface area contributed by atoms with Crippen molar-refractivity contribution in [2.24, 2.45) is 7.05 Å². The fourth-order valence-electron chi connectivity index (χ4n) is 4.11. The zero-order chi connectivity index (χ0) is 23.2. The van der Waals surface area contributed by atoms with Crippen molar-refractivity contribution >= 4 is 11.2 Å². The third-order valence-electron chi connectivity index (χ3n) is 6.00. The van der Waals surface area contributed by atoms with Gasteiger partial charge in [-0.2, -0.15) is 0 Å². The highest BCUT2D eigenvalue weighted by molar-refractivity contribution is 5.93. The van der Waals surface area contributed by atoms with Crippen LogP contribution in [0.4, 0.5) is 0 Å². The summed E-state index contributed by atoms with van der Waals surface area (Å²) in [6.07, 6.45) is 3.61. The topological polar surface area (TPSA) is 63.8 Å². The molecule has 0 radical (unpaired) electrons. The molecule has 0 aliphatic carbocycles. The van der Waals surface area contributed by atoms with Gasteiger partial charge in [0.05, 0.1) is 11.3 Å². The number of aromatic hydroxyl groups is 1. The van der Waals surface area contributed by atoms with Crippen LogP contribution in [-0.4, -0.2) is 24.6 Å². The van der Waals surface area contributed by atoms with Gasteiger partial charge < -0.3 is 9.67 Å². The largest absolute Gasteiger partial charge is 0.507 e. The SMILES string of the molecule is Cn1c(-c2cc(C(C)(C)C)ccc2O)nc2c(-c3cccc(-c4ccccn4)c3)ccnc21. The van der Waals surface area contributed by atoms with E-state index in [1.54, 1.807) is 12.3 Å². The molecular weight excluding hydrogens is 408 g/mol. The second-order valence-corrected chi connectivity index (χ2v) is 9.30. The zero-order valence-electron chi connectivity index (χ0n) is 19.2. The number of phenolic OH excluding ortho intramolecular Hbond substituents is 1. The first-order valence-corrected chi connectivity index (χ1v) is 11.0. The van der Waals surface area contributed by atoms with E-state index in [9.17, 15) is 5.11 Å². The molecule has 0 saturated carbocycles. The first-order chi connectivity index (χ1) is 15.8. The molecule has 5 aromatic rings. The number of phenols is 1. The van der Waals surface area contributed by atoms with Crippen molar-refractivity contribution in [2.75, 3.05) is 0 Å². The van der Waals surface area contributed by atoms with Gasteiger partial charge in [-0.15, -0.1) is 0 Å². The summed E-state index contributed by atoms with van der Waals surface area (Å²) < 4.78 is 1.95. The molecule has 3 heterocycles. The van der Waals surface area contributed by atoms with Crippen LogP contribution in [0.25, 0.3) is 44.9 Å². The van der Waals surface area contributed by atoms with Crippen LogP contribution in [0.5, 0.6) is 5.75 Å².